The van der Waals surface area contributed by atoms with Crippen molar-refractivity contribution in [2.75, 3.05) is 12.4 Å². The molecule has 0 saturated heterocycles. The highest BCUT2D eigenvalue weighted by atomic mass is 79.9. The average Bonchev–Trinajstić information content (AvgIpc) is 3.12. The van der Waals surface area contributed by atoms with Gasteiger partial charge in [0.15, 0.2) is 5.82 Å². The quantitative estimate of drug-likeness (QED) is 0.947. The van der Waals surface area contributed by atoms with Gasteiger partial charge in [-0.15, -0.1) is 0 Å². The maximum Gasteiger partial charge on any atom is 0.165 e. The van der Waals surface area contributed by atoms with Gasteiger partial charge in [-0.1, -0.05) is 0 Å². The van der Waals surface area contributed by atoms with Gasteiger partial charge in [-0.3, -0.25) is 4.68 Å². The van der Waals surface area contributed by atoms with E-state index in [4.69, 9.17) is 0 Å². The molecule has 0 unspecified atom stereocenters. The predicted octanol–water partition coefficient (Wildman–Crippen LogP) is 2.56. The fourth-order valence-corrected chi connectivity index (χ4v) is 2.62. The molecule has 2 heterocycles. The molecule has 3 rings (SSSR count). The normalized spacial score (nSPS) is 14.8. The second-order valence-corrected chi connectivity index (χ2v) is 5.31. The topological polar surface area (TPSA) is 55.6 Å². The van der Waals surface area contributed by atoms with Crippen LogP contribution in [0.15, 0.2) is 16.9 Å². The van der Waals surface area contributed by atoms with Crippen LogP contribution in [0.3, 0.4) is 0 Å². The smallest absolute Gasteiger partial charge is 0.165 e. The molecule has 1 N–H and O–H groups in total. The Morgan fingerprint density at radius 3 is 2.72 bits per heavy atom. The Morgan fingerprint density at radius 2 is 2.17 bits per heavy atom. The number of aryl methyl sites for hydroxylation is 1. The third-order valence-electron chi connectivity index (χ3n) is 3.04. The van der Waals surface area contributed by atoms with Crippen LogP contribution in [0.5, 0.6) is 0 Å². The summed E-state index contributed by atoms with van der Waals surface area (Å²) < 4.78 is 2.75. The monoisotopic (exact) mass is 307 g/mol. The van der Waals surface area contributed by atoms with E-state index in [1.165, 1.54) is 12.8 Å². The molecule has 1 aliphatic rings. The largest absolute Gasteiger partial charge is 0.372 e. The summed E-state index contributed by atoms with van der Waals surface area (Å²) >= 11 is 3.59. The van der Waals surface area contributed by atoms with E-state index in [-0.39, 0.29) is 0 Å². The highest BCUT2D eigenvalue weighted by molar-refractivity contribution is 9.10. The summed E-state index contributed by atoms with van der Waals surface area (Å²) in [5.74, 6) is 2.15. The van der Waals surface area contributed by atoms with Crippen LogP contribution in [0.25, 0.3) is 11.4 Å². The second kappa shape index (κ2) is 4.35. The molecular weight excluding hydrogens is 294 g/mol. The van der Waals surface area contributed by atoms with Gasteiger partial charge < -0.3 is 5.32 Å². The highest BCUT2D eigenvalue weighted by Crippen LogP contribution is 2.44. The van der Waals surface area contributed by atoms with Gasteiger partial charge in [0.1, 0.15) is 5.82 Å². The molecule has 0 spiro atoms. The first-order valence-electron chi connectivity index (χ1n) is 5.93. The molecular formula is C12H14BrN5. The van der Waals surface area contributed by atoms with E-state index < -0.39 is 0 Å². The molecule has 18 heavy (non-hydrogen) atoms. The minimum Gasteiger partial charge on any atom is -0.372 e. The van der Waals surface area contributed by atoms with Gasteiger partial charge in [-0.25, -0.2) is 9.97 Å². The zero-order chi connectivity index (χ0) is 12.7. The Labute approximate surface area is 114 Å². The average molecular weight is 308 g/mol. The molecule has 0 amide bonds. The van der Waals surface area contributed by atoms with E-state index in [1.54, 1.807) is 10.9 Å². The van der Waals surface area contributed by atoms with Crippen molar-refractivity contribution in [2.45, 2.75) is 18.8 Å². The molecule has 1 saturated carbocycles. The van der Waals surface area contributed by atoms with E-state index in [2.05, 4.69) is 36.3 Å². The van der Waals surface area contributed by atoms with Crippen LogP contribution in [-0.2, 0) is 7.05 Å². The van der Waals surface area contributed by atoms with Crippen LogP contribution >= 0.6 is 15.9 Å². The Hall–Kier alpha value is -1.43. The predicted molar refractivity (Wildman–Crippen MR) is 73.5 cm³/mol. The summed E-state index contributed by atoms with van der Waals surface area (Å²) in [4.78, 5) is 9.20. The van der Waals surface area contributed by atoms with Gasteiger partial charge in [-0.2, -0.15) is 5.10 Å². The van der Waals surface area contributed by atoms with Crippen LogP contribution in [0, 0.1) is 0 Å². The van der Waals surface area contributed by atoms with Crippen molar-refractivity contribution >= 4 is 21.7 Å². The van der Waals surface area contributed by atoms with Gasteiger partial charge in [-0.05, 0) is 28.8 Å². The summed E-state index contributed by atoms with van der Waals surface area (Å²) in [6.45, 7) is 0. The van der Waals surface area contributed by atoms with Crippen molar-refractivity contribution in [3.63, 3.8) is 0 Å². The van der Waals surface area contributed by atoms with E-state index in [0.29, 0.717) is 5.92 Å². The van der Waals surface area contributed by atoms with Gasteiger partial charge in [0, 0.05) is 26.2 Å². The number of rotatable bonds is 3. The van der Waals surface area contributed by atoms with E-state index in [9.17, 15) is 0 Å². The van der Waals surface area contributed by atoms with Crippen molar-refractivity contribution in [1.29, 1.82) is 0 Å². The molecule has 94 valence electrons. The lowest BCUT2D eigenvalue weighted by Crippen LogP contribution is -2.02. The lowest BCUT2D eigenvalue weighted by Gasteiger charge is -2.09. The molecule has 0 bridgehead atoms. The van der Waals surface area contributed by atoms with Crippen molar-refractivity contribution < 1.29 is 0 Å². The lowest BCUT2D eigenvalue weighted by molar-refractivity contribution is 0.768. The Kier molecular flexibility index (Phi) is 2.81. The Bertz CT molecular complexity index is 588. The SMILES string of the molecule is CNc1nc(-c2cnn(C)c2)nc(C2CC2)c1Br. The zero-order valence-corrected chi connectivity index (χ0v) is 11.9. The maximum absolute atomic E-state index is 4.68. The molecule has 2 aromatic rings. The molecule has 0 radical (unpaired) electrons. The molecule has 0 atom stereocenters. The number of hydrogen-bond acceptors (Lipinski definition) is 4. The number of aromatic nitrogens is 4. The second-order valence-electron chi connectivity index (χ2n) is 4.52. The van der Waals surface area contributed by atoms with Crippen LogP contribution in [0.4, 0.5) is 5.82 Å². The van der Waals surface area contributed by atoms with Crippen LogP contribution in [0.2, 0.25) is 0 Å². The van der Waals surface area contributed by atoms with Gasteiger partial charge in [0.25, 0.3) is 0 Å². The third kappa shape index (κ3) is 2.01. The highest BCUT2D eigenvalue weighted by Gasteiger charge is 2.29. The third-order valence-corrected chi connectivity index (χ3v) is 3.82. The lowest BCUT2D eigenvalue weighted by atomic mass is 10.2. The van der Waals surface area contributed by atoms with Crippen molar-refractivity contribution in [2.24, 2.45) is 7.05 Å². The molecule has 0 aromatic carbocycles. The van der Waals surface area contributed by atoms with E-state index in [1.807, 2.05) is 20.3 Å². The first-order valence-corrected chi connectivity index (χ1v) is 6.72. The summed E-state index contributed by atoms with van der Waals surface area (Å²) in [6, 6.07) is 0. The Balaban J connectivity index is 2.12. The zero-order valence-electron chi connectivity index (χ0n) is 10.3. The number of anilines is 1. The molecule has 6 heteroatoms. The first kappa shape index (κ1) is 11.6. The number of halogens is 1. The minimum atomic E-state index is 0.574. The van der Waals surface area contributed by atoms with Crippen LogP contribution in [-0.4, -0.2) is 26.8 Å². The molecule has 0 aliphatic heterocycles. The number of nitrogens with one attached hydrogen (secondary N) is 1. The van der Waals surface area contributed by atoms with Crippen molar-refractivity contribution in [1.82, 2.24) is 19.7 Å². The Morgan fingerprint density at radius 1 is 1.39 bits per heavy atom. The van der Waals surface area contributed by atoms with E-state index >= 15 is 0 Å². The van der Waals surface area contributed by atoms with Gasteiger partial charge in [0.05, 0.1) is 21.9 Å². The summed E-state index contributed by atoms with van der Waals surface area (Å²) in [6.07, 6.45) is 6.15. The fourth-order valence-electron chi connectivity index (χ4n) is 1.92. The van der Waals surface area contributed by atoms with Crippen molar-refractivity contribution in [3.8, 4) is 11.4 Å². The van der Waals surface area contributed by atoms with Gasteiger partial charge >= 0.3 is 0 Å². The van der Waals surface area contributed by atoms with E-state index in [0.717, 1.165) is 27.4 Å². The van der Waals surface area contributed by atoms with Crippen LogP contribution < -0.4 is 5.32 Å². The number of nitrogens with zero attached hydrogens (tertiary/aromatic N) is 4. The number of hydrogen-bond donors (Lipinski definition) is 1. The molecule has 5 nitrogen and oxygen atoms in total. The van der Waals surface area contributed by atoms with Crippen LogP contribution in [0.1, 0.15) is 24.5 Å². The fraction of sp³-hybridized carbons (Fsp3) is 0.417. The summed E-state index contributed by atoms with van der Waals surface area (Å²) in [5, 5.41) is 7.28. The molecule has 1 fully saturated rings. The van der Waals surface area contributed by atoms with Crippen molar-refractivity contribution in [3.05, 3.63) is 22.6 Å². The van der Waals surface area contributed by atoms with Gasteiger partial charge in [0.2, 0.25) is 0 Å². The minimum absolute atomic E-state index is 0.574. The first-order chi connectivity index (χ1) is 8.69. The summed E-state index contributed by atoms with van der Waals surface area (Å²) in [5.41, 5.74) is 2.05. The molecule has 2 aromatic heterocycles. The summed E-state index contributed by atoms with van der Waals surface area (Å²) in [7, 11) is 3.76. The standard InChI is InChI=1S/C12H14BrN5/c1-14-12-9(13)10(7-3-4-7)16-11(17-12)8-5-15-18(2)6-8/h5-7H,3-4H2,1-2H3,(H,14,16,17). The molecule has 1 aliphatic carbocycles. The maximum atomic E-state index is 4.68.